The normalized spacial score (nSPS) is 26.6. The molecule has 0 bridgehead atoms. The van der Waals surface area contributed by atoms with Crippen LogP contribution in [0.3, 0.4) is 0 Å². The van der Waals surface area contributed by atoms with Gasteiger partial charge in [-0.15, -0.1) is 0 Å². The summed E-state index contributed by atoms with van der Waals surface area (Å²) in [6.07, 6.45) is 6.65. The van der Waals surface area contributed by atoms with Gasteiger partial charge in [0, 0.05) is 6.04 Å². The summed E-state index contributed by atoms with van der Waals surface area (Å²) in [7, 11) is 0. The maximum atomic E-state index is 12.3. The van der Waals surface area contributed by atoms with Crippen molar-refractivity contribution in [1.29, 1.82) is 0 Å². The zero-order chi connectivity index (χ0) is 12.8. The predicted molar refractivity (Wildman–Crippen MR) is 75.2 cm³/mol. The van der Waals surface area contributed by atoms with E-state index in [4.69, 9.17) is 0 Å². The van der Waals surface area contributed by atoms with Crippen LogP contribution in [0.4, 0.5) is 0 Å². The van der Waals surface area contributed by atoms with E-state index < -0.39 is 0 Å². The molecule has 0 aliphatic carbocycles. The van der Waals surface area contributed by atoms with E-state index in [1.807, 2.05) is 16.7 Å². The zero-order valence-electron chi connectivity index (χ0n) is 11.5. The minimum atomic E-state index is 0.0571. The lowest BCUT2D eigenvalue weighted by molar-refractivity contribution is -0.131. The highest BCUT2D eigenvalue weighted by Gasteiger charge is 2.37. The molecule has 4 heteroatoms. The minimum Gasteiger partial charge on any atom is -0.323 e. The van der Waals surface area contributed by atoms with Crippen molar-refractivity contribution in [3.05, 3.63) is 0 Å². The van der Waals surface area contributed by atoms with Gasteiger partial charge in [-0.25, -0.2) is 0 Å². The Labute approximate surface area is 110 Å². The first kappa shape index (κ1) is 14.8. The Morgan fingerprint density at radius 2 is 2.24 bits per heavy atom. The fourth-order valence-electron chi connectivity index (χ4n) is 2.46. The summed E-state index contributed by atoms with van der Waals surface area (Å²) in [5.41, 5.74) is 0. The van der Waals surface area contributed by atoms with Crippen molar-refractivity contribution in [2.24, 2.45) is 0 Å². The van der Waals surface area contributed by atoms with E-state index in [0.717, 1.165) is 31.4 Å². The van der Waals surface area contributed by atoms with Crippen LogP contribution >= 0.6 is 11.8 Å². The van der Waals surface area contributed by atoms with Gasteiger partial charge in [-0.3, -0.25) is 10.1 Å². The van der Waals surface area contributed by atoms with Crippen molar-refractivity contribution in [2.75, 3.05) is 12.0 Å². The van der Waals surface area contributed by atoms with Crippen molar-refractivity contribution >= 4 is 17.7 Å². The maximum Gasteiger partial charge on any atom is 0.241 e. The lowest BCUT2D eigenvalue weighted by Crippen LogP contribution is -2.41. The molecule has 0 radical (unpaired) electrons. The lowest BCUT2D eigenvalue weighted by Gasteiger charge is -2.28. The highest BCUT2D eigenvalue weighted by Crippen LogP contribution is 2.20. The molecule has 17 heavy (non-hydrogen) atoms. The molecule has 100 valence electrons. The van der Waals surface area contributed by atoms with Gasteiger partial charge in [-0.1, -0.05) is 19.8 Å². The van der Waals surface area contributed by atoms with E-state index in [2.05, 4.69) is 32.3 Å². The molecule has 1 amide bonds. The van der Waals surface area contributed by atoms with Crippen LogP contribution in [0, 0.1) is 0 Å². The molecule has 3 unspecified atom stereocenters. The summed E-state index contributed by atoms with van der Waals surface area (Å²) >= 11 is 1.85. The molecular weight excluding hydrogens is 232 g/mol. The SMILES string of the molecule is CCCCC1NC(C)N(C(C)CCSC)C1=O. The third-order valence-electron chi connectivity index (χ3n) is 3.47. The van der Waals surface area contributed by atoms with E-state index in [1.54, 1.807) is 0 Å². The van der Waals surface area contributed by atoms with Crippen LogP contribution < -0.4 is 5.32 Å². The number of hydrogen-bond acceptors (Lipinski definition) is 3. The molecule has 0 aromatic carbocycles. The van der Waals surface area contributed by atoms with Crippen LogP contribution in [0.15, 0.2) is 0 Å². The van der Waals surface area contributed by atoms with E-state index in [-0.39, 0.29) is 12.2 Å². The highest BCUT2D eigenvalue weighted by molar-refractivity contribution is 7.98. The topological polar surface area (TPSA) is 32.3 Å². The second-order valence-corrected chi connectivity index (χ2v) is 5.90. The van der Waals surface area contributed by atoms with E-state index in [0.29, 0.717) is 11.9 Å². The van der Waals surface area contributed by atoms with Crippen LogP contribution in [0.25, 0.3) is 0 Å². The van der Waals surface area contributed by atoms with Gasteiger partial charge in [0.1, 0.15) is 0 Å². The predicted octanol–water partition coefficient (Wildman–Crippen LogP) is 2.46. The maximum absolute atomic E-state index is 12.3. The Balaban J connectivity index is 2.52. The molecule has 1 aliphatic heterocycles. The average molecular weight is 258 g/mol. The van der Waals surface area contributed by atoms with Crippen LogP contribution in [0.1, 0.15) is 46.5 Å². The molecule has 0 spiro atoms. The third kappa shape index (κ3) is 3.88. The number of rotatable bonds is 7. The van der Waals surface area contributed by atoms with E-state index in [9.17, 15) is 4.79 Å². The second kappa shape index (κ2) is 7.27. The summed E-state index contributed by atoms with van der Waals surface area (Å²) in [5.74, 6) is 1.43. The second-order valence-electron chi connectivity index (χ2n) is 4.91. The Morgan fingerprint density at radius 1 is 1.53 bits per heavy atom. The number of carbonyl (C=O) groups excluding carboxylic acids is 1. The third-order valence-corrected chi connectivity index (χ3v) is 4.12. The van der Waals surface area contributed by atoms with Crippen molar-refractivity contribution in [3.8, 4) is 0 Å². The standard InChI is InChI=1S/C13H26N2OS/c1-5-6-7-12-13(16)15(11(3)14-12)10(2)8-9-17-4/h10-12,14H,5-9H2,1-4H3. The van der Waals surface area contributed by atoms with Crippen LogP contribution in [0.5, 0.6) is 0 Å². The summed E-state index contributed by atoms with van der Waals surface area (Å²) in [6, 6.07) is 0.408. The minimum absolute atomic E-state index is 0.0571. The summed E-state index contributed by atoms with van der Waals surface area (Å²) in [4.78, 5) is 14.3. The molecule has 0 aromatic rings. The molecule has 0 saturated carbocycles. The van der Waals surface area contributed by atoms with Crippen LogP contribution in [0.2, 0.25) is 0 Å². The number of unbranched alkanes of at least 4 members (excludes halogenated alkanes) is 1. The van der Waals surface area contributed by atoms with E-state index >= 15 is 0 Å². The quantitative estimate of drug-likeness (QED) is 0.761. The number of nitrogens with zero attached hydrogens (tertiary/aromatic N) is 1. The van der Waals surface area contributed by atoms with Gasteiger partial charge in [0.15, 0.2) is 0 Å². The fraction of sp³-hybridized carbons (Fsp3) is 0.923. The van der Waals surface area contributed by atoms with E-state index in [1.165, 1.54) is 0 Å². The summed E-state index contributed by atoms with van der Waals surface area (Å²) < 4.78 is 0. The van der Waals surface area contributed by atoms with Crippen molar-refractivity contribution < 1.29 is 4.79 Å². The van der Waals surface area contributed by atoms with Gasteiger partial charge in [0.05, 0.1) is 12.2 Å². The molecule has 0 aromatic heterocycles. The van der Waals surface area contributed by atoms with Crippen molar-refractivity contribution in [3.63, 3.8) is 0 Å². The van der Waals surface area contributed by atoms with Crippen LogP contribution in [-0.2, 0) is 4.79 Å². The number of nitrogens with one attached hydrogen (secondary N) is 1. The van der Waals surface area contributed by atoms with Gasteiger partial charge in [-0.05, 0) is 38.7 Å². The van der Waals surface area contributed by atoms with Gasteiger partial charge >= 0.3 is 0 Å². The smallest absolute Gasteiger partial charge is 0.241 e. The first-order valence-electron chi connectivity index (χ1n) is 6.69. The van der Waals surface area contributed by atoms with Gasteiger partial charge < -0.3 is 4.90 Å². The molecule has 1 heterocycles. The molecule has 1 aliphatic rings. The first-order valence-corrected chi connectivity index (χ1v) is 8.08. The monoisotopic (exact) mass is 258 g/mol. The summed E-state index contributed by atoms with van der Waals surface area (Å²) in [6.45, 7) is 6.43. The Kier molecular flexibility index (Phi) is 6.34. The molecule has 1 rings (SSSR count). The first-order chi connectivity index (χ1) is 8.11. The Bertz CT molecular complexity index is 248. The molecule has 1 fully saturated rings. The number of hydrogen-bond donors (Lipinski definition) is 1. The molecule has 3 nitrogen and oxygen atoms in total. The number of carbonyl (C=O) groups is 1. The highest BCUT2D eigenvalue weighted by atomic mass is 32.2. The average Bonchev–Trinajstić information content (AvgIpc) is 2.59. The van der Waals surface area contributed by atoms with Gasteiger partial charge in [0.25, 0.3) is 0 Å². The van der Waals surface area contributed by atoms with Crippen molar-refractivity contribution in [2.45, 2.75) is 64.7 Å². The zero-order valence-corrected chi connectivity index (χ0v) is 12.3. The Hall–Kier alpha value is -0.220. The number of amides is 1. The fourth-order valence-corrected chi connectivity index (χ4v) is 3.03. The molecule has 3 atom stereocenters. The largest absolute Gasteiger partial charge is 0.323 e. The number of thioether (sulfide) groups is 1. The summed E-state index contributed by atoms with van der Waals surface area (Å²) in [5, 5.41) is 3.42. The van der Waals surface area contributed by atoms with Crippen LogP contribution in [-0.4, -0.2) is 41.1 Å². The van der Waals surface area contributed by atoms with Crippen molar-refractivity contribution in [1.82, 2.24) is 10.2 Å². The Morgan fingerprint density at radius 3 is 2.82 bits per heavy atom. The molecule has 1 saturated heterocycles. The van der Waals surface area contributed by atoms with Gasteiger partial charge in [-0.2, -0.15) is 11.8 Å². The molecular formula is C13H26N2OS. The lowest BCUT2D eigenvalue weighted by atomic mass is 10.1. The van der Waals surface area contributed by atoms with Gasteiger partial charge in [0.2, 0.25) is 5.91 Å². The molecule has 1 N–H and O–H groups in total.